The minimum Gasteiger partial charge on any atom is -0.314 e. The Balaban J connectivity index is 2.46. The Morgan fingerprint density at radius 2 is 1.90 bits per heavy atom. The van der Waals surface area contributed by atoms with E-state index in [4.69, 9.17) is 0 Å². The third kappa shape index (κ3) is 7.09. The molecule has 0 aromatic heterocycles. The van der Waals surface area contributed by atoms with E-state index in [-0.39, 0.29) is 0 Å². The smallest absolute Gasteiger partial charge is 0.00727 e. The van der Waals surface area contributed by atoms with Crippen molar-refractivity contribution in [3.8, 4) is 0 Å². The van der Waals surface area contributed by atoms with Gasteiger partial charge in [0.1, 0.15) is 0 Å². The van der Waals surface area contributed by atoms with Crippen LogP contribution < -0.4 is 5.32 Å². The number of aryl methyl sites for hydroxylation is 2. The highest BCUT2D eigenvalue weighted by Crippen LogP contribution is 2.17. The lowest BCUT2D eigenvalue weighted by Crippen LogP contribution is -2.32. The molecule has 1 N–H and O–H groups in total. The molecule has 0 fully saturated rings. The van der Waals surface area contributed by atoms with Gasteiger partial charge in [-0.25, -0.2) is 0 Å². The fourth-order valence-electron chi connectivity index (χ4n) is 2.96. The molecule has 0 heterocycles. The van der Waals surface area contributed by atoms with Gasteiger partial charge in [0.25, 0.3) is 0 Å². The van der Waals surface area contributed by atoms with Gasteiger partial charge >= 0.3 is 0 Å². The first-order chi connectivity index (χ1) is 9.65. The summed E-state index contributed by atoms with van der Waals surface area (Å²) < 4.78 is 0. The molecule has 114 valence electrons. The van der Waals surface area contributed by atoms with Gasteiger partial charge in [0.05, 0.1) is 0 Å². The van der Waals surface area contributed by atoms with Crippen LogP contribution in [0.25, 0.3) is 0 Å². The summed E-state index contributed by atoms with van der Waals surface area (Å²) in [6, 6.07) is 9.63. The van der Waals surface area contributed by atoms with Gasteiger partial charge in [-0.3, -0.25) is 0 Å². The molecule has 1 aromatic carbocycles. The van der Waals surface area contributed by atoms with Crippen LogP contribution in [-0.4, -0.2) is 12.6 Å². The number of benzene rings is 1. The number of hydrogen-bond acceptors (Lipinski definition) is 1. The second-order valence-corrected chi connectivity index (χ2v) is 6.31. The van der Waals surface area contributed by atoms with Gasteiger partial charge < -0.3 is 5.32 Å². The van der Waals surface area contributed by atoms with Crippen LogP contribution in [0.15, 0.2) is 24.3 Å². The highest BCUT2D eigenvalue weighted by atomic mass is 14.9. The van der Waals surface area contributed by atoms with Crippen molar-refractivity contribution in [2.75, 3.05) is 6.54 Å². The lowest BCUT2D eigenvalue weighted by Gasteiger charge is -2.22. The van der Waals surface area contributed by atoms with E-state index in [0.29, 0.717) is 6.04 Å². The van der Waals surface area contributed by atoms with Gasteiger partial charge in [-0.1, -0.05) is 63.4 Å². The molecule has 0 saturated carbocycles. The summed E-state index contributed by atoms with van der Waals surface area (Å²) in [5, 5.41) is 3.74. The molecular formula is C19H33N. The minimum absolute atomic E-state index is 0.678. The lowest BCUT2D eigenvalue weighted by atomic mass is 9.93. The summed E-state index contributed by atoms with van der Waals surface area (Å²) in [4.78, 5) is 0. The van der Waals surface area contributed by atoms with E-state index in [1.807, 2.05) is 0 Å². The van der Waals surface area contributed by atoms with E-state index < -0.39 is 0 Å². The van der Waals surface area contributed by atoms with Crippen LogP contribution in [0.3, 0.4) is 0 Å². The molecule has 1 nitrogen and oxygen atoms in total. The van der Waals surface area contributed by atoms with Crippen molar-refractivity contribution in [2.24, 2.45) is 5.92 Å². The van der Waals surface area contributed by atoms with Gasteiger partial charge in [-0.2, -0.15) is 0 Å². The van der Waals surface area contributed by atoms with Crippen LogP contribution in [0.1, 0.15) is 64.0 Å². The van der Waals surface area contributed by atoms with Gasteiger partial charge in [-0.15, -0.1) is 0 Å². The zero-order valence-corrected chi connectivity index (χ0v) is 13.9. The quantitative estimate of drug-likeness (QED) is 0.625. The largest absolute Gasteiger partial charge is 0.314 e. The van der Waals surface area contributed by atoms with Gasteiger partial charge in [0.2, 0.25) is 0 Å². The average molecular weight is 275 g/mol. The van der Waals surface area contributed by atoms with Crippen LogP contribution in [-0.2, 0) is 6.42 Å². The first kappa shape index (κ1) is 17.2. The molecule has 0 aliphatic rings. The maximum absolute atomic E-state index is 3.74. The molecule has 1 rings (SSSR count). The Bertz CT molecular complexity index is 359. The van der Waals surface area contributed by atoms with Gasteiger partial charge in [0, 0.05) is 6.04 Å². The third-order valence-electron chi connectivity index (χ3n) is 4.02. The van der Waals surface area contributed by atoms with Crippen molar-refractivity contribution in [3.63, 3.8) is 0 Å². The molecule has 0 saturated heterocycles. The Kier molecular flexibility index (Phi) is 8.60. The summed E-state index contributed by atoms with van der Waals surface area (Å²) >= 11 is 0. The van der Waals surface area contributed by atoms with Crippen molar-refractivity contribution in [2.45, 2.75) is 72.3 Å². The highest BCUT2D eigenvalue weighted by Gasteiger charge is 2.12. The van der Waals surface area contributed by atoms with Crippen LogP contribution in [0.4, 0.5) is 0 Å². The Hall–Kier alpha value is -0.820. The molecule has 0 radical (unpaired) electrons. The summed E-state index contributed by atoms with van der Waals surface area (Å²) in [5.74, 6) is 0.840. The third-order valence-corrected chi connectivity index (χ3v) is 4.02. The predicted octanol–water partition coefficient (Wildman–Crippen LogP) is 5.12. The number of hydrogen-bond donors (Lipinski definition) is 1. The standard InChI is InChI=1S/C19H33N/c1-5-8-16(3)15-19(20-13-6-2)12-11-18-10-7-9-17(4)14-18/h7,9-10,14,16,19-20H,5-6,8,11-13,15H2,1-4H3. The molecule has 2 atom stereocenters. The van der Waals surface area contributed by atoms with Gasteiger partial charge in [-0.05, 0) is 50.6 Å². The lowest BCUT2D eigenvalue weighted by molar-refractivity contribution is 0.367. The molecule has 1 heteroatoms. The van der Waals surface area contributed by atoms with Crippen molar-refractivity contribution < 1.29 is 0 Å². The van der Waals surface area contributed by atoms with Crippen LogP contribution in [0, 0.1) is 12.8 Å². The monoisotopic (exact) mass is 275 g/mol. The van der Waals surface area contributed by atoms with E-state index in [2.05, 4.69) is 57.3 Å². The van der Waals surface area contributed by atoms with Crippen molar-refractivity contribution in [1.29, 1.82) is 0 Å². The molecular weight excluding hydrogens is 242 g/mol. The second kappa shape index (κ2) is 9.99. The number of rotatable bonds is 10. The molecule has 0 spiro atoms. The SMILES string of the molecule is CCCNC(CCc1cccc(C)c1)CC(C)CCC. The fourth-order valence-corrected chi connectivity index (χ4v) is 2.96. The highest BCUT2D eigenvalue weighted by molar-refractivity contribution is 5.22. The van der Waals surface area contributed by atoms with Crippen LogP contribution in [0.5, 0.6) is 0 Å². The van der Waals surface area contributed by atoms with Crippen molar-refractivity contribution in [3.05, 3.63) is 35.4 Å². The van der Waals surface area contributed by atoms with E-state index in [9.17, 15) is 0 Å². The zero-order valence-electron chi connectivity index (χ0n) is 13.9. The summed E-state index contributed by atoms with van der Waals surface area (Å²) in [5.41, 5.74) is 2.86. The van der Waals surface area contributed by atoms with E-state index >= 15 is 0 Å². The maximum atomic E-state index is 3.74. The van der Waals surface area contributed by atoms with E-state index in [0.717, 1.165) is 12.5 Å². The summed E-state index contributed by atoms with van der Waals surface area (Å²) in [6.07, 6.45) is 7.66. The van der Waals surface area contributed by atoms with Crippen molar-refractivity contribution in [1.82, 2.24) is 5.32 Å². The minimum atomic E-state index is 0.678. The van der Waals surface area contributed by atoms with Crippen molar-refractivity contribution >= 4 is 0 Å². The zero-order chi connectivity index (χ0) is 14.8. The number of nitrogens with one attached hydrogen (secondary N) is 1. The first-order valence-corrected chi connectivity index (χ1v) is 8.44. The maximum Gasteiger partial charge on any atom is 0.00727 e. The normalized spacial score (nSPS) is 14.2. The molecule has 0 amide bonds. The molecule has 20 heavy (non-hydrogen) atoms. The van der Waals surface area contributed by atoms with Crippen LogP contribution >= 0.6 is 0 Å². The average Bonchev–Trinajstić information content (AvgIpc) is 2.42. The van der Waals surface area contributed by atoms with E-state index in [1.54, 1.807) is 0 Å². The molecule has 2 unspecified atom stereocenters. The summed E-state index contributed by atoms with van der Waals surface area (Å²) in [7, 11) is 0. The molecule has 0 aliphatic heterocycles. The molecule has 1 aromatic rings. The predicted molar refractivity (Wildman–Crippen MR) is 90.3 cm³/mol. The molecule has 0 bridgehead atoms. The topological polar surface area (TPSA) is 12.0 Å². The van der Waals surface area contributed by atoms with Crippen LogP contribution in [0.2, 0.25) is 0 Å². The fraction of sp³-hybridized carbons (Fsp3) is 0.684. The Morgan fingerprint density at radius 3 is 2.55 bits per heavy atom. The Labute approximate surface area is 126 Å². The summed E-state index contributed by atoms with van der Waals surface area (Å²) in [6.45, 7) is 10.3. The van der Waals surface area contributed by atoms with E-state index in [1.165, 1.54) is 49.7 Å². The first-order valence-electron chi connectivity index (χ1n) is 8.44. The Morgan fingerprint density at radius 1 is 1.10 bits per heavy atom. The second-order valence-electron chi connectivity index (χ2n) is 6.31. The molecule has 0 aliphatic carbocycles. The van der Waals surface area contributed by atoms with Gasteiger partial charge in [0.15, 0.2) is 0 Å².